The number of rotatable bonds is 7. The Morgan fingerprint density at radius 1 is 1.63 bits per heavy atom. The number of amides is 1. The predicted molar refractivity (Wildman–Crippen MR) is 70.3 cm³/mol. The minimum Gasteiger partial charge on any atom is -0.484 e. The van der Waals surface area contributed by atoms with Crippen molar-refractivity contribution in [3.8, 4) is 5.75 Å². The average molecular weight is 288 g/mol. The van der Waals surface area contributed by atoms with Crippen LogP contribution < -0.4 is 15.8 Å². The molecule has 0 saturated heterocycles. The van der Waals surface area contributed by atoms with Crippen LogP contribution in [0.25, 0.3) is 0 Å². The van der Waals surface area contributed by atoms with Crippen LogP contribution in [-0.4, -0.2) is 30.0 Å². The fraction of sp³-hybridized carbons (Fsp3) is 0.364. The third-order valence-corrected chi connectivity index (χ3v) is 2.63. The van der Waals surface area contributed by atoms with Crippen molar-refractivity contribution >= 4 is 23.2 Å². The molecule has 0 aliphatic heterocycles. The lowest BCUT2D eigenvalue weighted by molar-refractivity contribution is -0.385. The second-order valence-electron chi connectivity index (χ2n) is 3.67. The lowest BCUT2D eigenvalue weighted by Gasteiger charge is -2.15. The van der Waals surface area contributed by atoms with Crippen LogP contribution in [0.15, 0.2) is 18.2 Å². The Morgan fingerprint density at radius 3 is 2.84 bits per heavy atom. The van der Waals surface area contributed by atoms with E-state index in [-0.39, 0.29) is 23.1 Å². The van der Waals surface area contributed by atoms with Crippen LogP contribution in [0.1, 0.15) is 6.92 Å². The van der Waals surface area contributed by atoms with Crippen molar-refractivity contribution in [1.82, 2.24) is 5.32 Å². The number of nitrogens with two attached hydrogens (primary N) is 1. The SMILES string of the molecule is CCNC(COc1c(Cl)cccc1[N+](=O)[O-])C(N)=O. The second-order valence-corrected chi connectivity index (χ2v) is 4.08. The van der Waals surface area contributed by atoms with Crippen molar-refractivity contribution in [3.05, 3.63) is 33.3 Å². The maximum atomic E-state index is 11.1. The molecule has 1 atom stereocenters. The van der Waals surface area contributed by atoms with Gasteiger partial charge in [-0.3, -0.25) is 14.9 Å². The van der Waals surface area contributed by atoms with Crippen LogP contribution in [0.3, 0.4) is 0 Å². The van der Waals surface area contributed by atoms with Crippen molar-refractivity contribution in [3.63, 3.8) is 0 Å². The van der Waals surface area contributed by atoms with E-state index in [1.165, 1.54) is 18.2 Å². The summed E-state index contributed by atoms with van der Waals surface area (Å²) in [6.45, 7) is 2.18. The number of nitro groups is 1. The van der Waals surface area contributed by atoms with Gasteiger partial charge in [0.05, 0.1) is 9.95 Å². The maximum absolute atomic E-state index is 11.1. The van der Waals surface area contributed by atoms with Crippen LogP contribution in [0.4, 0.5) is 5.69 Å². The molecule has 1 amide bonds. The van der Waals surface area contributed by atoms with Gasteiger partial charge in [-0.05, 0) is 12.6 Å². The van der Waals surface area contributed by atoms with Gasteiger partial charge in [-0.15, -0.1) is 0 Å². The Morgan fingerprint density at radius 2 is 2.32 bits per heavy atom. The highest BCUT2D eigenvalue weighted by Gasteiger charge is 2.21. The molecule has 1 aromatic rings. The Labute approximate surface area is 114 Å². The van der Waals surface area contributed by atoms with E-state index in [4.69, 9.17) is 22.1 Å². The summed E-state index contributed by atoms with van der Waals surface area (Å²) in [5.41, 5.74) is 4.92. The van der Waals surface area contributed by atoms with E-state index in [2.05, 4.69) is 5.32 Å². The Hall–Kier alpha value is -1.86. The third kappa shape index (κ3) is 4.08. The zero-order chi connectivity index (χ0) is 14.4. The number of hydrogen-bond acceptors (Lipinski definition) is 5. The average Bonchev–Trinajstić information content (AvgIpc) is 2.34. The second kappa shape index (κ2) is 6.91. The van der Waals surface area contributed by atoms with Gasteiger partial charge in [-0.1, -0.05) is 24.6 Å². The van der Waals surface area contributed by atoms with Gasteiger partial charge in [0.15, 0.2) is 0 Å². The first-order chi connectivity index (χ1) is 8.97. The number of carbonyl (C=O) groups is 1. The van der Waals surface area contributed by atoms with Crippen LogP contribution in [0.5, 0.6) is 5.75 Å². The van der Waals surface area contributed by atoms with Crippen molar-refractivity contribution < 1.29 is 14.5 Å². The largest absolute Gasteiger partial charge is 0.484 e. The molecule has 0 aromatic heterocycles. The Kier molecular flexibility index (Phi) is 5.53. The molecule has 0 saturated carbocycles. The molecule has 104 valence electrons. The number of nitrogens with zero attached hydrogens (tertiary/aromatic N) is 1. The number of benzene rings is 1. The molecule has 3 N–H and O–H groups in total. The first kappa shape index (κ1) is 15.2. The highest BCUT2D eigenvalue weighted by molar-refractivity contribution is 6.32. The highest BCUT2D eigenvalue weighted by Crippen LogP contribution is 2.34. The molecule has 0 aliphatic rings. The van der Waals surface area contributed by atoms with Crippen molar-refractivity contribution in [2.24, 2.45) is 5.73 Å². The monoisotopic (exact) mass is 287 g/mol. The van der Waals surface area contributed by atoms with Gasteiger partial charge in [-0.2, -0.15) is 0 Å². The van der Waals surface area contributed by atoms with E-state index in [1.54, 1.807) is 6.92 Å². The number of para-hydroxylation sites is 1. The molecule has 1 unspecified atom stereocenters. The Balaban J connectivity index is 2.87. The third-order valence-electron chi connectivity index (χ3n) is 2.33. The summed E-state index contributed by atoms with van der Waals surface area (Å²) in [5, 5.41) is 13.8. The number of nitro benzene ring substituents is 1. The van der Waals surface area contributed by atoms with Gasteiger partial charge in [0.25, 0.3) is 0 Å². The summed E-state index contributed by atoms with van der Waals surface area (Å²) in [6, 6.07) is 3.45. The van der Waals surface area contributed by atoms with E-state index in [1.807, 2.05) is 0 Å². The molecule has 0 radical (unpaired) electrons. The summed E-state index contributed by atoms with van der Waals surface area (Å²) in [5.74, 6) is -0.671. The molecule has 8 heteroatoms. The van der Waals surface area contributed by atoms with Gasteiger partial charge >= 0.3 is 5.69 Å². The Bertz CT molecular complexity index is 481. The van der Waals surface area contributed by atoms with Crippen molar-refractivity contribution in [1.29, 1.82) is 0 Å². The summed E-state index contributed by atoms with van der Waals surface area (Å²) in [7, 11) is 0. The van der Waals surface area contributed by atoms with Crippen molar-refractivity contribution in [2.45, 2.75) is 13.0 Å². The molecule has 1 rings (SSSR count). The first-order valence-electron chi connectivity index (χ1n) is 5.55. The van der Waals surface area contributed by atoms with Gasteiger partial charge in [0.1, 0.15) is 12.6 Å². The van der Waals surface area contributed by atoms with E-state index in [0.29, 0.717) is 6.54 Å². The quantitative estimate of drug-likeness (QED) is 0.576. The summed E-state index contributed by atoms with van der Waals surface area (Å²) in [6.07, 6.45) is 0. The summed E-state index contributed by atoms with van der Waals surface area (Å²) in [4.78, 5) is 21.4. The zero-order valence-corrected chi connectivity index (χ0v) is 11.0. The van der Waals surface area contributed by atoms with E-state index in [0.717, 1.165) is 0 Å². The smallest absolute Gasteiger partial charge is 0.312 e. The number of nitrogens with one attached hydrogen (secondary N) is 1. The number of hydrogen-bond donors (Lipinski definition) is 2. The standard InChI is InChI=1S/C11H14ClN3O4/c1-2-14-8(11(13)16)6-19-10-7(12)4-3-5-9(10)15(17)18/h3-5,8,14H,2,6H2,1H3,(H2,13,16). The molecular weight excluding hydrogens is 274 g/mol. The van der Waals surface area contributed by atoms with Gasteiger partial charge in [-0.25, -0.2) is 0 Å². The van der Waals surface area contributed by atoms with Crippen LogP contribution in [0, 0.1) is 10.1 Å². The molecule has 0 spiro atoms. The van der Waals surface area contributed by atoms with E-state index >= 15 is 0 Å². The fourth-order valence-corrected chi connectivity index (χ4v) is 1.66. The van der Waals surface area contributed by atoms with Crippen molar-refractivity contribution in [2.75, 3.05) is 13.2 Å². The van der Waals surface area contributed by atoms with Crippen LogP contribution >= 0.6 is 11.6 Å². The number of halogens is 1. The molecule has 0 bridgehead atoms. The van der Waals surface area contributed by atoms with Gasteiger partial charge in [0, 0.05) is 6.07 Å². The number of primary amides is 1. The van der Waals surface area contributed by atoms with Crippen LogP contribution in [0.2, 0.25) is 5.02 Å². The van der Waals surface area contributed by atoms with Crippen LogP contribution in [-0.2, 0) is 4.79 Å². The highest BCUT2D eigenvalue weighted by atomic mass is 35.5. The minimum absolute atomic E-state index is 0.0710. The summed E-state index contributed by atoms with van der Waals surface area (Å²) >= 11 is 5.85. The lowest BCUT2D eigenvalue weighted by Crippen LogP contribution is -2.45. The maximum Gasteiger partial charge on any atom is 0.312 e. The van der Waals surface area contributed by atoms with Gasteiger partial charge < -0.3 is 15.8 Å². The number of carbonyl (C=O) groups excluding carboxylic acids is 1. The molecule has 7 nitrogen and oxygen atoms in total. The molecule has 0 aliphatic carbocycles. The topological polar surface area (TPSA) is 107 Å². The van der Waals surface area contributed by atoms with Gasteiger partial charge in [0.2, 0.25) is 11.7 Å². The zero-order valence-electron chi connectivity index (χ0n) is 10.3. The normalized spacial score (nSPS) is 11.9. The summed E-state index contributed by atoms with van der Waals surface area (Å²) < 4.78 is 5.27. The number of ether oxygens (including phenoxy) is 1. The fourth-order valence-electron chi connectivity index (χ4n) is 1.44. The minimum atomic E-state index is -0.735. The predicted octanol–water partition coefficient (Wildman–Crippen LogP) is 1.09. The molecule has 0 fully saturated rings. The molecular formula is C11H14ClN3O4. The van der Waals surface area contributed by atoms with E-state index in [9.17, 15) is 14.9 Å². The van der Waals surface area contributed by atoms with E-state index < -0.39 is 16.9 Å². The lowest BCUT2D eigenvalue weighted by atomic mass is 10.2. The molecule has 1 aromatic carbocycles. The number of likely N-dealkylation sites (N-methyl/N-ethyl adjacent to an activating group) is 1. The first-order valence-corrected chi connectivity index (χ1v) is 5.93. The molecule has 19 heavy (non-hydrogen) atoms. The molecule has 0 heterocycles.